The SMILES string of the molecule is CCOC(=O)C1=C(C)NC(c2ccccc2)=C(C(=O)OCC)[C@H]1C#Cc1cccc(C)c1. The van der Waals surface area contributed by atoms with Crippen LogP contribution in [-0.4, -0.2) is 25.2 Å². The Balaban J connectivity index is 2.22. The molecule has 1 aliphatic rings. The lowest BCUT2D eigenvalue weighted by molar-refractivity contribution is -0.139. The number of aryl methyl sites for hydroxylation is 1. The van der Waals surface area contributed by atoms with Crippen molar-refractivity contribution in [2.45, 2.75) is 27.7 Å². The molecule has 164 valence electrons. The molecular weight excluding hydrogens is 402 g/mol. The number of carbonyl (C=O) groups is 2. The fourth-order valence-corrected chi connectivity index (χ4v) is 3.59. The number of dihydropyridines is 1. The van der Waals surface area contributed by atoms with Gasteiger partial charge in [0.2, 0.25) is 0 Å². The Bertz CT molecular complexity index is 1130. The van der Waals surface area contributed by atoms with Gasteiger partial charge in [0.25, 0.3) is 0 Å². The quantitative estimate of drug-likeness (QED) is 0.565. The molecule has 5 nitrogen and oxygen atoms in total. The van der Waals surface area contributed by atoms with Crippen LogP contribution in [0.3, 0.4) is 0 Å². The van der Waals surface area contributed by atoms with Crippen molar-refractivity contribution in [3.8, 4) is 11.8 Å². The highest BCUT2D eigenvalue weighted by Gasteiger charge is 2.37. The number of rotatable bonds is 5. The summed E-state index contributed by atoms with van der Waals surface area (Å²) in [6.07, 6.45) is 0. The largest absolute Gasteiger partial charge is 0.463 e. The van der Waals surface area contributed by atoms with E-state index in [1.807, 2.05) is 61.5 Å². The summed E-state index contributed by atoms with van der Waals surface area (Å²) < 4.78 is 10.7. The first-order valence-corrected chi connectivity index (χ1v) is 10.7. The number of carbonyl (C=O) groups excluding carboxylic acids is 2. The van der Waals surface area contributed by atoms with Crippen molar-refractivity contribution in [3.63, 3.8) is 0 Å². The van der Waals surface area contributed by atoms with Gasteiger partial charge in [-0.15, -0.1) is 0 Å². The zero-order chi connectivity index (χ0) is 23.1. The third-order valence-electron chi connectivity index (χ3n) is 5.00. The van der Waals surface area contributed by atoms with Gasteiger partial charge in [0.1, 0.15) is 0 Å². The first-order chi connectivity index (χ1) is 15.5. The molecule has 0 unspecified atom stereocenters. The van der Waals surface area contributed by atoms with E-state index in [9.17, 15) is 9.59 Å². The van der Waals surface area contributed by atoms with Crippen LogP contribution in [0.4, 0.5) is 0 Å². The Morgan fingerprint density at radius 1 is 0.906 bits per heavy atom. The van der Waals surface area contributed by atoms with Gasteiger partial charge < -0.3 is 14.8 Å². The molecule has 0 saturated carbocycles. The second-order valence-electron chi connectivity index (χ2n) is 7.33. The van der Waals surface area contributed by atoms with Crippen molar-refractivity contribution < 1.29 is 19.1 Å². The average molecular weight is 430 g/mol. The number of hydrogen-bond donors (Lipinski definition) is 1. The fourth-order valence-electron chi connectivity index (χ4n) is 3.59. The third kappa shape index (κ3) is 5.09. The summed E-state index contributed by atoms with van der Waals surface area (Å²) in [5.74, 6) is 4.48. The molecule has 0 amide bonds. The molecule has 3 rings (SSSR count). The summed E-state index contributed by atoms with van der Waals surface area (Å²) in [7, 11) is 0. The Morgan fingerprint density at radius 3 is 2.19 bits per heavy atom. The van der Waals surface area contributed by atoms with Crippen LogP contribution in [0.25, 0.3) is 5.70 Å². The predicted molar refractivity (Wildman–Crippen MR) is 124 cm³/mol. The molecule has 0 aromatic heterocycles. The van der Waals surface area contributed by atoms with E-state index in [2.05, 4.69) is 17.2 Å². The smallest absolute Gasteiger partial charge is 0.337 e. The first-order valence-electron chi connectivity index (χ1n) is 10.7. The summed E-state index contributed by atoms with van der Waals surface area (Å²) in [5, 5.41) is 3.24. The van der Waals surface area contributed by atoms with Gasteiger partial charge in [-0.3, -0.25) is 0 Å². The van der Waals surface area contributed by atoms with Crippen molar-refractivity contribution in [1.82, 2.24) is 5.32 Å². The van der Waals surface area contributed by atoms with E-state index in [-0.39, 0.29) is 13.2 Å². The molecule has 0 radical (unpaired) electrons. The molecule has 1 aliphatic heterocycles. The number of ether oxygens (including phenoxy) is 2. The maximum Gasteiger partial charge on any atom is 0.337 e. The first kappa shape index (κ1) is 22.9. The average Bonchev–Trinajstić information content (AvgIpc) is 2.78. The van der Waals surface area contributed by atoms with Crippen molar-refractivity contribution >= 4 is 17.6 Å². The number of nitrogens with one attached hydrogen (secondary N) is 1. The Labute approximate surface area is 189 Å². The van der Waals surface area contributed by atoms with Gasteiger partial charge in [-0.1, -0.05) is 54.3 Å². The van der Waals surface area contributed by atoms with Crippen LogP contribution in [0.5, 0.6) is 0 Å². The van der Waals surface area contributed by atoms with Gasteiger partial charge >= 0.3 is 11.9 Å². The van der Waals surface area contributed by atoms with Crippen molar-refractivity contribution in [3.05, 3.63) is 88.1 Å². The maximum atomic E-state index is 13.1. The van der Waals surface area contributed by atoms with E-state index in [0.29, 0.717) is 22.5 Å². The molecule has 2 aromatic rings. The third-order valence-corrected chi connectivity index (χ3v) is 5.00. The predicted octanol–water partition coefficient (Wildman–Crippen LogP) is 4.38. The van der Waals surface area contributed by atoms with E-state index in [0.717, 1.165) is 16.7 Å². The lowest BCUT2D eigenvalue weighted by Crippen LogP contribution is -2.33. The minimum Gasteiger partial charge on any atom is -0.463 e. The van der Waals surface area contributed by atoms with Crippen molar-refractivity contribution in [2.75, 3.05) is 13.2 Å². The molecule has 0 aliphatic carbocycles. The van der Waals surface area contributed by atoms with E-state index in [1.165, 1.54) is 0 Å². The van der Waals surface area contributed by atoms with E-state index in [1.54, 1.807) is 20.8 Å². The van der Waals surface area contributed by atoms with Crippen LogP contribution in [0, 0.1) is 24.7 Å². The highest BCUT2D eigenvalue weighted by atomic mass is 16.5. The molecule has 0 spiro atoms. The lowest BCUT2D eigenvalue weighted by atomic mass is 9.84. The normalized spacial score (nSPS) is 15.4. The van der Waals surface area contributed by atoms with Gasteiger partial charge in [-0.2, -0.15) is 0 Å². The van der Waals surface area contributed by atoms with Crippen LogP contribution < -0.4 is 5.32 Å². The second-order valence-corrected chi connectivity index (χ2v) is 7.33. The van der Waals surface area contributed by atoms with Crippen molar-refractivity contribution in [1.29, 1.82) is 0 Å². The molecule has 2 aromatic carbocycles. The molecule has 0 bridgehead atoms. The van der Waals surface area contributed by atoms with Crippen LogP contribution >= 0.6 is 0 Å². The van der Waals surface area contributed by atoms with Crippen LogP contribution in [0.1, 0.15) is 37.5 Å². The Kier molecular flexibility index (Phi) is 7.51. The minimum absolute atomic E-state index is 0.208. The molecule has 5 heteroatoms. The van der Waals surface area contributed by atoms with Gasteiger partial charge in [-0.05, 0) is 51.0 Å². The van der Waals surface area contributed by atoms with Gasteiger partial charge in [0, 0.05) is 11.3 Å². The molecular formula is C27H27NO4. The number of allylic oxidation sites excluding steroid dienone is 1. The van der Waals surface area contributed by atoms with E-state index >= 15 is 0 Å². The van der Waals surface area contributed by atoms with Gasteiger partial charge in [0.05, 0.1) is 36.0 Å². The molecule has 1 heterocycles. The second kappa shape index (κ2) is 10.5. The maximum absolute atomic E-state index is 13.1. The van der Waals surface area contributed by atoms with Crippen LogP contribution in [-0.2, 0) is 19.1 Å². The van der Waals surface area contributed by atoms with Crippen LogP contribution in [0.2, 0.25) is 0 Å². The molecule has 0 fully saturated rings. The monoisotopic (exact) mass is 429 g/mol. The number of esters is 2. The molecule has 1 N–H and O–H groups in total. The number of benzene rings is 2. The zero-order valence-corrected chi connectivity index (χ0v) is 18.8. The summed E-state index contributed by atoms with van der Waals surface area (Å²) >= 11 is 0. The Hall–Kier alpha value is -3.78. The minimum atomic E-state index is -0.801. The molecule has 1 atom stereocenters. The van der Waals surface area contributed by atoms with Gasteiger partial charge in [-0.25, -0.2) is 9.59 Å². The van der Waals surface area contributed by atoms with E-state index in [4.69, 9.17) is 9.47 Å². The summed E-state index contributed by atoms with van der Waals surface area (Å²) in [4.78, 5) is 26.0. The Morgan fingerprint density at radius 2 is 1.56 bits per heavy atom. The van der Waals surface area contributed by atoms with Crippen LogP contribution in [0.15, 0.2) is 71.4 Å². The van der Waals surface area contributed by atoms with Crippen molar-refractivity contribution in [2.24, 2.45) is 5.92 Å². The highest BCUT2D eigenvalue weighted by Crippen LogP contribution is 2.35. The molecule has 0 saturated heterocycles. The highest BCUT2D eigenvalue weighted by molar-refractivity contribution is 6.04. The lowest BCUT2D eigenvalue weighted by Gasteiger charge is -2.28. The molecule has 32 heavy (non-hydrogen) atoms. The summed E-state index contributed by atoms with van der Waals surface area (Å²) in [5.41, 5.74) is 4.47. The van der Waals surface area contributed by atoms with Gasteiger partial charge in [0.15, 0.2) is 0 Å². The number of hydrogen-bond acceptors (Lipinski definition) is 5. The topological polar surface area (TPSA) is 64.6 Å². The van der Waals surface area contributed by atoms with E-state index < -0.39 is 17.9 Å². The summed E-state index contributed by atoms with van der Waals surface area (Å²) in [6.45, 7) is 7.70. The standard InChI is InChI=1S/C27H27NO4/c1-5-31-26(29)23-19(4)28-25(21-13-8-7-9-14-21)24(27(30)32-6-2)22(23)16-15-20-12-10-11-18(3)17-20/h7-14,17,22,28H,5-6H2,1-4H3/t22-/m0/s1. The zero-order valence-electron chi connectivity index (χ0n) is 18.8. The summed E-state index contributed by atoms with van der Waals surface area (Å²) in [6, 6.07) is 17.2. The fraction of sp³-hybridized carbons (Fsp3) is 0.259.